The lowest BCUT2D eigenvalue weighted by Gasteiger charge is -2.22. The Hall–Kier alpha value is -1.91. The van der Waals surface area contributed by atoms with E-state index >= 15 is 0 Å². The van der Waals surface area contributed by atoms with E-state index in [2.05, 4.69) is 42.6 Å². The van der Waals surface area contributed by atoms with Gasteiger partial charge < -0.3 is 10.4 Å². The van der Waals surface area contributed by atoms with Crippen molar-refractivity contribution in [2.45, 2.75) is 26.3 Å². The van der Waals surface area contributed by atoms with E-state index in [4.69, 9.17) is 5.11 Å². The minimum atomic E-state index is -0.0373. The Morgan fingerprint density at radius 2 is 1.91 bits per heavy atom. The second kappa shape index (κ2) is 8.65. The molecule has 0 saturated carbocycles. The highest BCUT2D eigenvalue weighted by molar-refractivity contribution is 5.83. The van der Waals surface area contributed by atoms with Gasteiger partial charge in [0.25, 0.3) is 0 Å². The highest BCUT2D eigenvalue weighted by Crippen LogP contribution is 2.20. The molecule has 0 fully saturated rings. The van der Waals surface area contributed by atoms with Gasteiger partial charge in [0, 0.05) is 6.54 Å². The maximum absolute atomic E-state index is 12.2. The number of hydrogen-bond acceptors (Lipinski definition) is 3. The van der Waals surface area contributed by atoms with E-state index in [-0.39, 0.29) is 18.6 Å². The van der Waals surface area contributed by atoms with Gasteiger partial charge in [0.2, 0.25) is 5.91 Å². The van der Waals surface area contributed by atoms with Crippen LogP contribution in [0.25, 0.3) is 10.8 Å². The third kappa shape index (κ3) is 5.05. The zero-order valence-corrected chi connectivity index (χ0v) is 14.0. The molecule has 0 aromatic heterocycles. The van der Waals surface area contributed by atoms with Crippen molar-refractivity contribution in [3.8, 4) is 0 Å². The number of rotatable bonds is 8. The molecule has 2 N–H and O–H groups in total. The Morgan fingerprint density at radius 3 is 2.61 bits per heavy atom. The third-order valence-corrected chi connectivity index (χ3v) is 3.97. The standard InChI is InChI=1S/C19H26N2O2/c1-3-10-21(11-12-22)14-19(23)20-15(2)17-9-8-16-6-4-5-7-18(16)13-17/h4-9,13,15,22H,3,10-12,14H2,1-2H3,(H,20,23). The molecule has 0 aliphatic heterocycles. The molecule has 0 radical (unpaired) electrons. The second-order valence-electron chi connectivity index (χ2n) is 5.90. The summed E-state index contributed by atoms with van der Waals surface area (Å²) in [6.45, 7) is 5.82. The number of nitrogens with zero attached hydrogens (tertiary/aromatic N) is 1. The van der Waals surface area contributed by atoms with Crippen molar-refractivity contribution in [3.05, 3.63) is 48.0 Å². The number of fused-ring (bicyclic) bond motifs is 1. The number of aliphatic hydroxyl groups is 1. The quantitative estimate of drug-likeness (QED) is 0.788. The van der Waals surface area contributed by atoms with E-state index in [0.29, 0.717) is 13.1 Å². The molecule has 0 heterocycles. The maximum Gasteiger partial charge on any atom is 0.234 e. The zero-order chi connectivity index (χ0) is 16.7. The molecule has 4 heteroatoms. The Balaban J connectivity index is 1.98. The molecule has 124 valence electrons. The molecule has 1 amide bonds. The fourth-order valence-corrected chi connectivity index (χ4v) is 2.78. The van der Waals surface area contributed by atoms with Gasteiger partial charge in [-0.3, -0.25) is 9.69 Å². The Labute approximate surface area is 138 Å². The molecule has 23 heavy (non-hydrogen) atoms. The summed E-state index contributed by atoms with van der Waals surface area (Å²) < 4.78 is 0. The van der Waals surface area contributed by atoms with Gasteiger partial charge in [0.05, 0.1) is 19.2 Å². The first kappa shape index (κ1) is 17.4. The fourth-order valence-electron chi connectivity index (χ4n) is 2.78. The number of nitrogens with one attached hydrogen (secondary N) is 1. The predicted octanol–water partition coefficient (Wildman–Crippen LogP) is 2.72. The van der Waals surface area contributed by atoms with Crippen LogP contribution in [0.3, 0.4) is 0 Å². The van der Waals surface area contributed by atoms with Crippen LogP contribution in [-0.4, -0.2) is 42.2 Å². The summed E-state index contributed by atoms with van der Waals surface area (Å²) in [6, 6.07) is 14.4. The van der Waals surface area contributed by atoms with Crippen molar-refractivity contribution in [1.29, 1.82) is 0 Å². The maximum atomic E-state index is 12.2. The molecule has 4 nitrogen and oxygen atoms in total. The van der Waals surface area contributed by atoms with Crippen LogP contribution in [0.4, 0.5) is 0 Å². The van der Waals surface area contributed by atoms with Crippen molar-refractivity contribution < 1.29 is 9.90 Å². The van der Waals surface area contributed by atoms with Gasteiger partial charge in [-0.1, -0.05) is 43.3 Å². The van der Waals surface area contributed by atoms with Gasteiger partial charge in [-0.15, -0.1) is 0 Å². The minimum Gasteiger partial charge on any atom is -0.395 e. The topological polar surface area (TPSA) is 52.6 Å². The summed E-state index contributed by atoms with van der Waals surface area (Å²) in [4.78, 5) is 14.2. The fraction of sp³-hybridized carbons (Fsp3) is 0.421. The van der Waals surface area contributed by atoms with Gasteiger partial charge in [-0.25, -0.2) is 0 Å². The monoisotopic (exact) mass is 314 g/mol. The van der Waals surface area contributed by atoms with E-state index < -0.39 is 0 Å². The summed E-state index contributed by atoms with van der Waals surface area (Å²) >= 11 is 0. The first-order valence-corrected chi connectivity index (χ1v) is 8.25. The summed E-state index contributed by atoms with van der Waals surface area (Å²) in [5, 5.41) is 14.5. The van der Waals surface area contributed by atoms with E-state index in [1.165, 1.54) is 10.8 Å². The van der Waals surface area contributed by atoms with Crippen molar-refractivity contribution in [2.75, 3.05) is 26.2 Å². The molecule has 2 aromatic carbocycles. The van der Waals surface area contributed by atoms with Crippen LogP contribution in [-0.2, 0) is 4.79 Å². The molecule has 2 rings (SSSR count). The van der Waals surface area contributed by atoms with Crippen LogP contribution in [0.2, 0.25) is 0 Å². The van der Waals surface area contributed by atoms with Crippen LogP contribution < -0.4 is 5.32 Å². The largest absolute Gasteiger partial charge is 0.395 e. The van der Waals surface area contributed by atoms with Gasteiger partial charge in [0.1, 0.15) is 0 Å². The molecule has 0 bridgehead atoms. The van der Waals surface area contributed by atoms with Crippen LogP contribution in [0.15, 0.2) is 42.5 Å². The lowest BCUT2D eigenvalue weighted by atomic mass is 10.0. The number of benzene rings is 2. The van der Waals surface area contributed by atoms with E-state index in [0.717, 1.165) is 18.5 Å². The third-order valence-electron chi connectivity index (χ3n) is 3.97. The molecule has 1 unspecified atom stereocenters. The van der Waals surface area contributed by atoms with Gasteiger partial charge in [-0.05, 0) is 42.3 Å². The molecule has 0 saturated heterocycles. The lowest BCUT2D eigenvalue weighted by molar-refractivity contribution is -0.123. The number of amides is 1. The molecule has 0 spiro atoms. The van der Waals surface area contributed by atoms with E-state index in [9.17, 15) is 4.79 Å². The molecule has 1 atom stereocenters. The van der Waals surface area contributed by atoms with E-state index in [1.807, 2.05) is 24.0 Å². The van der Waals surface area contributed by atoms with Crippen LogP contribution in [0, 0.1) is 0 Å². The molecular weight excluding hydrogens is 288 g/mol. The summed E-state index contributed by atoms with van der Waals surface area (Å²) in [7, 11) is 0. The lowest BCUT2D eigenvalue weighted by Crippen LogP contribution is -2.39. The van der Waals surface area contributed by atoms with Crippen molar-refractivity contribution in [2.24, 2.45) is 0 Å². The van der Waals surface area contributed by atoms with Gasteiger partial charge >= 0.3 is 0 Å². The predicted molar refractivity (Wildman–Crippen MR) is 94.3 cm³/mol. The summed E-state index contributed by atoms with van der Waals surface area (Å²) in [5.41, 5.74) is 1.10. The van der Waals surface area contributed by atoms with Crippen LogP contribution in [0.5, 0.6) is 0 Å². The molecule has 2 aromatic rings. The molecule has 0 aliphatic rings. The van der Waals surface area contributed by atoms with Crippen LogP contribution in [0.1, 0.15) is 31.9 Å². The smallest absolute Gasteiger partial charge is 0.234 e. The number of carbonyl (C=O) groups is 1. The number of aliphatic hydroxyl groups excluding tert-OH is 1. The number of hydrogen-bond donors (Lipinski definition) is 2. The SMILES string of the molecule is CCCN(CCO)CC(=O)NC(C)c1ccc2ccccc2c1. The Bertz CT molecular complexity index is 636. The highest BCUT2D eigenvalue weighted by atomic mass is 16.3. The molecule has 0 aliphatic carbocycles. The highest BCUT2D eigenvalue weighted by Gasteiger charge is 2.13. The van der Waals surface area contributed by atoms with Crippen molar-refractivity contribution >= 4 is 16.7 Å². The average Bonchev–Trinajstić information content (AvgIpc) is 2.54. The van der Waals surface area contributed by atoms with Gasteiger partial charge in [0.15, 0.2) is 0 Å². The normalized spacial score (nSPS) is 12.5. The minimum absolute atomic E-state index is 0.00689. The zero-order valence-electron chi connectivity index (χ0n) is 14.0. The number of carbonyl (C=O) groups excluding carboxylic acids is 1. The van der Waals surface area contributed by atoms with Crippen molar-refractivity contribution in [1.82, 2.24) is 10.2 Å². The first-order chi connectivity index (χ1) is 11.1. The Morgan fingerprint density at radius 1 is 1.17 bits per heavy atom. The van der Waals surface area contributed by atoms with Crippen molar-refractivity contribution in [3.63, 3.8) is 0 Å². The summed E-state index contributed by atoms with van der Waals surface area (Å²) in [6.07, 6.45) is 0.966. The molecular formula is C19H26N2O2. The average molecular weight is 314 g/mol. The Kier molecular flexibility index (Phi) is 6.56. The summed E-state index contributed by atoms with van der Waals surface area (Å²) in [5.74, 6) is -0.00689. The first-order valence-electron chi connectivity index (χ1n) is 8.25. The second-order valence-corrected chi connectivity index (χ2v) is 5.90. The van der Waals surface area contributed by atoms with E-state index in [1.54, 1.807) is 0 Å². The van der Waals surface area contributed by atoms with Gasteiger partial charge in [-0.2, -0.15) is 0 Å². The van der Waals surface area contributed by atoms with Crippen LogP contribution >= 0.6 is 0 Å².